The van der Waals surface area contributed by atoms with Crippen molar-refractivity contribution in [2.24, 2.45) is 0 Å². The van der Waals surface area contributed by atoms with E-state index < -0.39 is 12.0 Å². The molecule has 0 aliphatic carbocycles. The van der Waals surface area contributed by atoms with E-state index in [-0.39, 0.29) is 5.91 Å². The summed E-state index contributed by atoms with van der Waals surface area (Å²) in [5.41, 5.74) is 1.06. The molecule has 1 aromatic carbocycles. The molecule has 0 spiro atoms. The van der Waals surface area contributed by atoms with Gasteiger partial charge in [0.25, 0.3) is 0 Å². The fourth-order valence-corrected chi connectivity index (χ4v) is 1.81. The Hall–Kier alpha value is -1.49. The highest BCUT2D eigenvalue weighted by molar-refractivity contribution is 7.80. The Morgan fingerprint density at radius 1 is 1.28 bits per heavy atom. The third kappa shape index (κ3) is 5.23. The van der Waals surface area contributed by atoms with E-state index >= 15 is 0 Å². The van der Waals surface area contributed by atoms with Crippen molar-refractivity contribution in [2.75, 3.05) is 5.75 Å². The second-order valence-electron chi connectivity index (χ2n) is 3.96. The van der Waals surface area contributed by atoms with Gasteiger partial charge < -0.3 is 10.4 Å². The predicted octanol–water partition coefficient (Wildman–Crippen LogP) is 1.51. The number of rotatable bonds is 7. The molecule has 1 aromatic rings. The average molecular weight is 267 g/mol. The van der Waals surface area contributed by atoms with Crippen LogP contribution in [0.4, 0.5) is 0 Å². The van der Waals surface area contributed by atoms with Gasteiger partial charge in [-0.3, -0.25) is 4.79 Å². The van der Waals surface area contributed by atoms with Crippen molar-refractivity contribution in [3.8, 4) is 0 Å². The van der Waals surface area contributed by atoms with E-state index in [1.54, 1.807) is 0 Å². The molecule has 1 amide bonds. The molecule has 18 heavy (non-hydrogen) atoms. The van der Waals surface area contributed by atoms with Gasteiger partial charge in [0, 0.05) is 6.42 Å². The molecule has 1 rings (SSSR count). The molecule has 4 nitrogen and oxygen atoms in total. The average Bonchev–Trinajstić information content (AvgIpc) is 2.37. The molecule has 98 valence electrons. The van der Waals surface area contributed by atoms with Crippen LogP contribution in [0.15, 0.2) is 30.3 Å². The van der Waals surface area contributed by atoms with Gasteiger partial charge in [-0.05, 0) is 24.2 Å². The van der Waals surface area contributed by atoms with E-state index in [9.17, 15) is 9.59 Å². The van der Waals surface area contributed by atoms with Crippen LogP contribution in [0.5, 0.6) is 0 Å². The van der Waals surface area contributed by atoms with Crippen molar-refractivity contribution < 1.29 is 14.7 Å². The van der Waals surface area contributed by atoms with Gasteiger partial charge in [0.15, 0.2) is 0 Å². The van der Waals surface area contributed by atoms with Crippen molar-refractivity contribution >= 4 is 24.5 Å². The highest BCUT2D eigenvalue weighted by Gasteiger charge is 2.18. The summed E-state index contributed by atoms with van der Waals surface area (Å²) < 4.78 is 0. The molecular weight excluding hydrogens is 250 g/mol. The van der Waals surface area contributed by atoms with E-state index in [4.69, 9.17) is 5.11 Å². The normalized spacial score (nSPS) is 11.8. The van der Waals surface area contributed by atoms with Crippen LogP contribution in [0.2, 0.25) is 0 Å². The molecule has 0 saturated carbocycles. The number of nitrogens with one attached hydrogen (secondary N) is 1. The third-order valence-corrected chi connectivity index (χ3v) is 2.79. The Balaban J connectivity index is 2.39. The molecule has 0 aromatic heterocycles. The summed E-state index contributed by atoms with van der Waals surface area (Å²) >= 11 is 3.97. The molecular formula is C13H17NO3S. The summed E-state index contributed by atoms with van der Waals surface area (Å²) in [7, 11) is 0. The van der Waals surface area contributed by atoms with Gasteiger partial charge in [0.1, 0.15) is 6.04 Å². The summed E-state index contributed by atoms with van der Waals surface area (Å²) in [6, 6.07) is 8.77. The molecule has 1 unspecified atom stereocenters. The highest BCUT2D eigenvalue weighted by atomic mass is 32.1. The van der Waals surface area contributed by atoms with E-state index in [1.165, 1.54) is 0 Å². The maximum atomic E-state index is 11.6. The summed E-state index contributed by atoms with van der Waals surface area (Å²) in [5.74, 6) is -0.833. The number of carbonyl (C=O) groups excluding carboxylic acids is 1. The summed E-state index contributed by atoms with van der Waals surface area (Å²) in [6.07, 6.45) is 1.23. The van der Waals surface area contributed by atoms with Gasteiger partial charge in [-0.2, -0.15) is 12.6 Å². The van der Waals surface area contributed by atoms with Crippen LogP contribution in [0, 0.1) is 0 Å². The summed E-state index contributed by atoms with van der Waals surface area (Å²) in [4.78, 5) is 22.5. The molecule has 0 fully saturated rings. The minimum Gasteiger partial charge on any atom is -0.480 e. The zero-order valence-corrected chi connectivity index (χ0v) is 10.9. The third-order valence-electron chi connectivity index (χ3n) is 2.53. The topological polar surface area (TPSA) is 66.4 Å². The van der Waals surface area contributed by atoms with E-state index in [0.717, 1.165) is 5.56 Å². The van der Waals surface area contributed by atoms with Crippen LogP contribution in [0.1, 0.15) is 18.4 Å². The monoisotopic (exact) mass is 267 g/mol. The molecule has 0 aliphatic rings. The number of benzene rings is 1. The van der Waals surface area contributed by atoms with Crippen molar-refractivity contribution in [2.45, 2.75) is 25.3 Å². The van der Waals surface area contributed by atoms with Gasteiger partial charge >= 0.3 is 5.97 Å². The number of carbonyl (C=O) groups is 2. The summed E-state index contributed by atoms with van der Waals surface area (Å²) in [6.45, 7) is 0. The largest absolute Gasteiger partial charge is 0.480 e. The molecule has 0 bridgehead atoms. The van der Waals surface area contributed by atoms with Gasteiger partial charge in [0.05, 0.1) is 0 Å². The first-order chi connectivity index (χ1) is 8.63. The van der Waals surface area contributed by atoms with Gasteiger partial charge in [-0.15, -0.1) is 0 Å². The van der Waals surface area contributed by atoms with Gasteiger partial charge in [-0.25, -0.2) is 4.79 Å². The lowest BCUT2D eigenvalue weighted by molar-refractivity contribution is -0.141. The van der Waals surface area contributed by atoms with Gasteiger partial charge in [0.2, 0.25) is 5.91 Å². The fourth-order valence-electron chi connectivity index (χ4n) is 1.56. The second-order valence-corrected chi connectivity index (χ2v) is 4.40. The number of carboxylic acid groups (broad SMARTS) is 1. The smallest absolute Gasteiger partial charge is 0.326 e. The number of thiol groups is 1. The number of aryl methyl sites for hydroxylation is 1. The zero-order valence-electron chi connectivity index (χ0n) is 10.0. The molecule has 0 heterocycles. The predicted molar refractivity (Wildman–Crippen MR) is 72.8 cm³/mol. The molecule has 0 saturated heterocycles. The molecule has 0 radical (unpaired) electrons. The highest BCUT2D eigenvalue weighted by Crippen LogP contribution is 2.03. The van der Waals surface area contributed by atoms with Crippen LogP contribution >= 0.6 is 12.6 Å². The van der Waals surface area contributed by atoms with Crippen LogP contribution in [0.3, 0.4) is 0 Å². The van der Waals surface area contributed by atoms with Crippen LogP contribution in [0.25, 0.3) is 0 Å². The number of hydrogen-bond acceptors (Lipinski definition) is 3. The van der Waals surface area contributed by atoms with Gasteiger partial charge in [-0.1, -0.05) is 30.3 Å². The van der Waals surface area contributed by atoms with E-state index in [2.05, 4.69) is 17.9 Å². The first kappa shape index (κ1) is 14.6. The lowest BCUT2D eigenvalue weighted by Gasteiger charge is -2.13. The van der Waals surface area contributed by atoms with Crippen molar-refractivity contribution in [1.29, 1.82) is 0 Å². The molecule has 2 N–H and O–H groups in total. The number of amides is 1. The number of hydrogen-bond donors (Lipinski definition) is 3. The van der Waals surface area contributed by atoms with E-state index in [1.807, 2.05) is 30.3 Å². The quantitative estimate of drug-likeness (QED) is 0.656. The first-order valence-electron chi connectivity index (χ1n) is 5.80. The Kier molecular flexibility index (Phi) is 6.28. The minimum atomic E-state index is -1.02. The standard InChI is InChI=1S/C13H17NO3S/c15-12(14-11(8-9-18)13(16)17)7-6-10-4-2-1-3-5-10/h1-5,11,18H,6-9H2,(H,14,15)(H,16,17). The van der Waals surface area contributed by atoms with Crippen molar-refractivity contribution in [3.63, 3.8) is 0 Å². The van der Waals surface area contributed by atoms with Crippen LogP contribution in [-0.4, -0.2) is 28.8 Å². The maximum absolute atomic E-state index is 11.6. The Bertz CT molecular complexity index is 394. The van der Waals surface area contributed by atoms with Crippen LogP contribution in [-0.2, 0) is 16.0 Å². The van der Waals surface area contributed by atoms with E-state index in [0.29, 0.717) is 25.0 Å². The molecule has 0 aliphatic heterocycles. The number of aliphatic carboxylic acids is 1. The minimum absolute atomic E-state index is 0.243. The first-order valence-corrected chi connectivity index (χ1v) is 6.43. The number of carboxylic acids is 1. The SMILES string of the molecule is O=C(CCc1ccccc1)NC(CCS)C(=O)O. The van der Waals surface area contributed by atoms with Crippen molar-refractivity contribution in [1.82, 2.24) is 5.32 Å². The molecule has 5 heteroatoms. The van der Waals surface area contributed by atoms with Crippen molar-refractivity contribution in [3.05, 3.63) is 35.9 Å². The molecule has 1 atom stereocenters. The lowest BCUT2D eigenvalue weighted by atomic mass is 10.1. The lowest BCUT2D eigenvalue weighted by Crippen LogP contribution is -2.41. The van der Waals surface area contributed by atoms with Crippen LogP contribution < -0.4 is 5.32 Å². The zero-order chi connectivity index (χ0) is 13.4. The maximum Gasteiger partial charge on any atom is 0.326 e. The summed E-state index contributed by atoms with van der Waals surface area (Å²) in [5, 5.41) is 11.4. The second kappa shape index (κ2) is 7.76. The Morgan fingerprint density at radius 2 is 1.94 bits per heavy atom. The Morgan fingerprint density at radius 3 is 2.50 bits per heavy atom. The Labute approximate surface area is 112 Å². The fraction of sp³-hybridized carbons (Fsp3) is 0.385.